The molecule has 1 unspecified atom stereocenters. The molecule has 0 aliphatic heterocycles. The summed E-state index contributed by atoms with van der Waals surface area (Å²) >= 11 is 0. The Labute approximate surface area is 56.0 Å². The molecule has 1 atom stereocenters. The van der Waals surface area contributed by atoms with Gasteiger partial charge in [0.2, 0.25) is 0 Å². The van der Waals surface area contributed by atoms with Gasteiger partial charge in [-0.25, -0.2) is 5.09 Å². The summed E-state index contributed by atoms with van der Waals surface area (Å²) in [6.45, 7) is 6.83. The van der Waals surface area contributed by atoms with Crippen molar-refractivity contribution in [1.82, 2.24) is 5.09 Å². The normalized spacial score (nSPS) is 19.2. The van der Waals surface area contributed by atoms with Crippen LogP contribution in [0.15, 0.2) is 0 Å². The molecule has 0 rings (SSSR count). The van der Waals surface area contributed by atoms with Crippen molar-refractivity contribution in [1.29, 1.82) is 0 Å². The zero-order valence-corrected chi connectivity index (χ0v) is 7.20. The van der Waals surface area contributed by atoms with Crippen LogP contribution in [0.3, 0.4) is 0 Å². The Morgan fingerprint density at radius 1 is 1.44 bits per heavy atom. The fourth-order valence-corrected chi connectivity index (χ4v) is 1.87. The van der Waals surface area contributed by atoms with Crippen molar-refractivity contribution in [3.8, 4) is 0 Å². The van der Waals surface area contributed by atoms with Crippen LogP contribution in [-0.4, -0.2) is 17.1 Å². The highest BCUT2D eigenvalue weighted by molar-refractivity contribution is 7.55. The quantitative estimate of drug-likeness (QED) is 0.553. The van der Waals surface area contributed by atoms with E-state index >= 15 is 0 Å². The Morgan fingerprint density at radius 2 is 1.78 bits per heavy atom. The highest BCUT2D eigenvalue weighted by atomic mass is 31.2. The summed E-state index contributed by atoms with van der Waals surface area (Å²) in [5.74, 6) is 0. The molecule has 0 aromatic rings. The van der Waals surface area contributed by atoms with E-state index in [4.69, 9.17) is 4.89 Å². The molecule has 2 N–H and O–H groups in total. The van der Waals surface area contributed by atoms with E-state index in [1.54, 1.807) is 0 Å². The van der Waals surface area contributed by atoms with Gasteiger partial charge in [0, 0.05) is 12.2 Å². The Kier molecular flexibility index (Phi) is 2.45. The van der Waals surface area contributed by atoms with Gasteiger partial charge in [-0.15, -0.1) is 0 Å². The van der Waals surface area contributed by atoms with Crippen molar-refractivity contribution in [2.75, 3.05) is 6.66 Å². The number of rotatable bonds is 1. The number of hydrogen-bond donors (Lipinski definition) is 2. The molecule has 0 heterocycles. The van der Waals surface area contributed by atoms with Gasteiger partial charge in [-0.05, 0) is 20.8 Å². The minimum Gasteiger partial charge on any atom is -0.333 e. The Morgan fingerprint density at radius 3 is 1.78 bits per heavy atom. The van der Waals surface area contributed by atoms with Crippen molar-refractivity contribution in [3.05, 3.63) is 0 Å². The predicted molar refractivity (Wildman–Crippen MR) is 38.6 cm³/mol. The van der Waals surface area contributed by atoms with Crippen LogP contribution < -0.4 is 5.09 Å². The van der Waals surface area contributed by atoms with Gasteiger partial charge in [0.1, 0.15) is 0 Å². The first-order chi connectivity index (χ1) is 3.71. The highest BCUT2D eigenvalue weighted by Crippen LogP contribution is 2.32. The van der Waals surface area contributed by atoms with Crippen LogP contribution in [0.25, 0.3) is 0 Å². The average Bonchev–Trinajstić information content (AvgIpc) is 1.14. The summed E-state index contributed by atoms with van der Waals surface area (Å²) in [6.07, 6.45) is 0. The second-order valence-corrected chi connectivity index (χ2v) is 5.22. The standard InChI is InChI=1S/C5H14NO2P/c1-5(2,3)6-9(4,7)8/h1-4H3,(H2,6,7,8). The first-order valence-corrected chi connectivity index (χ1v) is 4.91. The van der Waals surface area contributed by atoms with Gasteiger partial charge in [-0.3, -0.25) is 4.57 Å². The molecule has 0 aromatic heterocycles. The number of nitrogens with one attached hydrogen (secondary N) is 1. The van der Waals surface area contributed by atoms with Crippen LogP contribution in [0.4, 0.5) is 0 Å². The fraction of sp³-hybridized carbons (Fsp3) is 1.00. The maximum Gasteiger partial charge on any atom is 0.264 e. The minimum atomic E-state index is -3.04. The molecule has 0 saturated carbocycles. The second kappa shape index (κ2) is 2.41. The van der Waals surface area contributed by atoms with E-state index in [9.17, 15) is 4.57 Å². The third-order valence-corrected chi connectivity index (χ3v) is 1.63. The Hall–Kier alpha value is 0.150. The van der Waals surface area contributed by atoms with Crippen LogP contribution in [0.2, 0.25) is 0 Å². The van der Waals surface area contributed by atoms with Gasteiger partial charge in [0.05, 0.1) is 0 Å². The lowest BCUT2D eigenvalue weighted by Gasteiger charge is -2.21. The summed E-state index contributed by atoms with van der Waals surface area (Å²) in [5.41, 5.74) is -0.279. The van der Waals surface area contributed by atoms with E-state index in [-0.39, 0.29) is 5.54 Å². The average molecular weight is 151 g/mol. The summed E-state index contributed by atoms with van der Waals surface area (Å²) in [5, 5.41) is 2.57. The van der Waals surface area contributed by atoms with Gasteiger partial charge in [0.25, 0.3) is 7.52 Å². The molecule has 0 amide bonds. The molecule has 0 bridgehead atoms. The maximum absolute atomic E-state index is 10.7. The highest BCUT2D eigenvalue weighted by Gasteiger charge is 2.18. The molecule has 0 aromatic carbocycles. The lowest BCUT2D eigenvalue weighted by atomic mass is 10.1. The number of hydrogen-bond acceptors (Lipinski definition) is 1. The smallest absolute Gasteiger partial charge is 0.264 e. The third-order valence-electron chi connectivity index (χ3n) is 0.543. The molecule has 0 radical (unpaired) electrons. The van der Waals surface area contributed by atoms with E-state index in [1.165, 1.54) is 6.66 Å². The molecule has 3 nitrogen and oxygen atoms in total. The lowest BCUT2D eigenvalue weighted by molar-refractivity contribution is 0.425. The van der Waals surface area contributed by atoms with Crippen LogP contribution in [-0.2, 0) is 4.57 Å². The molecular weight excluding hydrogens is 137 g/mol. The van der Waals surface area contributed by atoms with Crippen molar-refractivity contribution in [3.63, 3.8) is 0 Å². The summed E-state index contributed by atoms with van der Waals surface area (Å²) < 4.78 is 10.7. The molecule has 0 fully saturated rings. The third kappa shape index (κ3) is 8.15. The van der Waals surface area contributed by atoms with Crippen LogP contribution in [0, 0.1) is 0 Å². The minimum absolute atomic E-state index is 0.279. The SMILES string of the molecule is CC(C)(C)NP(C)(=O)O. The van der Waals surface area contributed by atoms with E-state index in [1.807, 2.05) is 20.8 Å². The molecule has 0 aliphatic carbocycles. The summed E-state index contributed by atoms with van der Waals surface area (Å²) in [4.78, 5) is 8.80. The topological polar surface area (TPSA) is 49.3 Å². The van der Waals surface area contributed by atoms with E-state index < -0.39 is 7.52 Å². The maximum atomic E-state index is 10.7. The van der Waals surface area contributed by atoms with Gasteiger partial charge >= 0.3 is 0 Å². The zero-order chi connectivity index (χ0) is 7.71. The van der Waals surface area contributed by atoms with Crippen molar-refractivity contribution in [2.45, 2.75) is 26.3 Å². The molecule has 0 aliphatic rings. The first-order valence-electron chi connectivity index (χ1n) is 2.80. The van der Waals surface area contributed by atoms with E-state index in [2.05, 4.69) is 5.09 Å². The van der Waals surface area contributed by atoms with Crippen molar-refractivity contribution < 1.29 is 9.46 Å². The second-order valence-electron chi connectivity index (χ2n) is 3.24. The Balaban J connectivity index is 3.90. The van der Waals surface area contributed by atoms with Gasteiger partial charge in [-0.1, -0.05) is 0 Å². The van der Waals surface area contributed by atoms with Crippen molar-refractivity contribution in [2.24, 2.45) is 0 Å². The van der Waals surface area contributed by atoms with Crippen LogP contribution in [0.5, 0.6) is 0 Å². The van der Waals surface area contributed by atoms with Crippen LogP contribution >= 0.6 is 7.52 Å². The Bertz CT molecular complexity index is 132. The molecule has 4 heteroatoms. The molecular formula is C5H14NO2P. The van der Waals surface area contributed by atoms with Crippen molar-refractivity contribution >= 4 is 7.52 Å². The molecule has 9 heavy (non-hydrogen) atoms. The fourth-order valence-electron chi connectivity index (χ4n) is 0.622. The molecule has 0 saturated heterocycles. The molecule has 56 valence electrons. The predicted octanol–water partition coefficient (Wildman–Crippen LogP) is 1.19. The lowest BCUT2D eigenvalue weighted by Crippen LogP contribution is -2.32. The van der Waals surface area contributed by atoms with E-state index in [0.29, 0.717) is 0 Å². The van der Waals surface area contributed by atoms with Gasteiger partial charge in [-0.2, -0.15) is 0 Å². The summed E-state index contributed by atoms with van der Waals surface area (Å²) in [7, 11) is -3.04. The molecule has 0 spiro atoms. The monoisotopic (exact) mass is 151 g/mol. The zero-order valence-electron chi connectivity index (χ0n) is 6.30. The van der Waals surface area contributed by atoms with E-state index in [0.717, 1.165) is 0 Å². The largest absolute Gasteiger partial charge is 0.333 e. The summed E-state index contributed by atoms with van der Waals surface area (Å²) in [6, 6.07) is 0. The van der Waals surface area contributed by atoms with Gasteiger partial charge < -0.3 is 4.89 Å². The van der Waals surface area contributed by atoms with Crippen LogP contribution in [0.1, 0.15) is 20.8 Å². The first kappa shape index (κ1) is 9.15. The van der Waals surface area contributed by atoms with Gasteiger partial charge in [0.15, 0.2) is 0 Å².